The summed E-state index contributed by atoms with van der Waals surface area (Å²) in [6.07, 6.45) is 2.77. The largest absolute Gasteiger partial charge is 0.346 e. The van der Waals surface area contributed by atoms with E-state index >= 15 is 0 Å². The van der Waals surface area contributed by atoms with Crippen LogP contribution < -0.4 is 10.6 Å². The molecule has 1 aromatic heterocycles. The quantitative estimate of drug-likeness (QED) is 0.818. The van der Waals surface area contributed by atoms with E-state index in [1.165, 1.54) is 0 Å². The van der Waals surface area contributed by atoms with Crippen LogP contribution in [0.3, 0.4) is 0 Å². The third-order valence-electron chi connectivity index (χ3n) is 4.73. The summed E-state index contributed by atoms with van der Waals surface area (Å²) in [6, 6.07) is -0.0912. The molecule has 2 aliphatic heterocycles. The molecule has 0 saturated carbocycles. The van der Waals surface area contributed by atoms with Crippen molar-refractivity contribution in [3.63, 3.8) is 0 Å². The minimum atomic E-state index is -0.0912. The Morgan fingerprint density at radius 3 is 2.82 bits per heavy atom. The molecule has 3 rings (SSSR count). The number of hydrogen-bond donors (Lipinski definition) is 2. The van der Waals surface area contributed by atoms with Crippen molar-refractivity contribution in [2.24, 2.45) is 5.92 Å². The zero-order chi connectivity index (χ0) is 15.5. The summed E-state index contributed by atoms with van der Waals surface area (Å²) in [6.45, 7) is 6.73. The Balaban J connectivity index is 1.63. The molecule has 1 aromatic rings. The zero-order valence-electron chi connectivity index (χ0n) is 13.5. The Labute approximate surface area is 131 Å². The number of piperidine rings is 1. The molecule has 0 radical (unpaired) electrons. The van der Waals surface area contributed by atoms with Crippen LogP contribution in [0, 0.1) is 5.92 Å². The van der Waals surface area contributed by atoms with Gasteiger partial charge in [-0.1, -0.05) is 0 Å². The van der Waals surface area contributed by atoms with Gasteiger partial charge in [-0.05, 0) is 39.9 Å². The Kier molecular flexibility index (Phi) is 4.73. The maximum atomic E-state index is 12.4. The van der Waals surface area contributed by atoms with E-state index in [2.05, 4.69) is 37.3 Å². The second kappa shape index (κ2) is 6.75. The monoisotopic (exact) mass is 306 g/mol. The first-order valence-electron chi connectivity index (χ1n) is 8.26. The van der Waals surface area contributed by atoms with Crippen LogP contribution >= 0.6 is 0 Å². The van der Waals surface area contributed by atoms with E-state index in [1.54, 1.807) is 0 Å². The van der Waals surface area contributed by atoms with Gasteiger partial charge in [0, 0.05) is 32.0 Å². The summed E-state index contributed by atoms with van der Waals surface area (Å²) < 4.78 is 2.15. The standard InChI is InChI=1S/C15H26N6O/c1-11(17-15(22)12-4-8-20(2)9-5-12)14-19-18-13-3-6-16-7-10-21(13)14/h11-12,16H,3-10H2,1-2H3,(H,17,22)/t11-/m0/s1. The van der Waals surface area contributed by atoms with E-state index in [9.17, 15) is 4.79 Å². The van der Waals surface area contributed by atoms with Crippen LogP contribution in [0.1, 0.15) is 37.5 Å². The van der Waals surface area contributed by atoms with Gasteiger partial charge in [0.2, 0.25) is 5.91 Å². The highest BCUT2D eigenvalue weighted by molar-refractivity contribution is 5.79. The highest BCUT2D eigenvalue weighted by Crippen LogP contribution is 2.19. The molecular formula is C15H26N6O. The van der Waals surface area contributed by atoms with Gasteiger partial charge in [-0.15, -0.1) is 10.2 Å². The average Bonchev–Trinajstić information content (AvgIpc) is 2.77. The molecule has 22 heavy (non-hydrogen) atoms. The van der Waals surface area contributed by atoms with Crippen LogP contribution in [0.4, 0.5) is 0 Å². The van der Waals surface area contributed by atoms with Gasteiger partial charge in [0.05, 0.1) is 6.04 Å². The normalized spacial score (nSPS) is 21.9. The molecule has 1 amide bonds. The summed E-state index contributed by atoms with van der Waals surface area (Å²) in [7, 11) is 2.11. The first-order valence-corrected chi connectivity index (χ1v) is 8.26. The van der Waals surface area contributed by atoms with E-state index in [-0.39, 0.29) is 17.9 Å². The first-order chi connectivity index (χ1) is 10.6. The molecule has 1 saturated heterocycles. The fourth-order valence-electron chi connectivity index (χ4n) is 3.28. The first kappa shape index (κ1) is 15.4. The predicted octanol–water partition coefficient (Wildman–Crippen LogP) is -0.0572. The van der Waals surface area contributed by atoms with Crippen molar-refractivity contribution < 1.29 is 4.79 Å². The number of aromatic nitrogens is 3. The number of likely N-dealkylation sites (tertiary alicyclic amines) is 1. The van der Waals surface area contributed by atoms with E-state index in [4.69, 9.17) is 0 Å². The second-order valence-electron chi connectivity index (χ2n) is 6.43. The van der Waals surface area contributed by atoms with Gasteiger partial charge in [0.15, 0.2) is 5.82 Å². The van der Waals surface area contributed by atoms with Crippen LogP contribution in [0.15, 0.2) is 0 Å². The highest BCUT2D eigenvalue weighted by Gasteiger charge is 2.26. The number of nitrogens with one attached hydrogen (secondary N) is 2. The predicted molar refractivity (Wildman–Crippen MR) is 83.4 cm³/mol. The van der Waals surface area contributed by atoms with E-state index in [0.29, 0.717) is 0 Å². The molecule has 1 atom stereocenters. The number of rotatable bonds is 3. The van der Waals surface area contributed by atoms with Gasteiger partial charge in [0.1, 0.15) is 5.82 Å². The number of nitrogens with zero attached hydrogens (tertiary/aromatic N) is 4. The van der Waals surface area contributed by atoms with Gasteiger partial charge in [-0.3, -0.25) is 4.79 Å². The lowest BCUT2D eigenvalue weighted by Gasteiger charge is -2.29. The number of amides is 1. The minimum Gasteiger partial charge on any atom is -0.346 e. The molecule has 2 aliphatic rings. The van der Waals surface area contributed by atoms with Crippen LogP contribution in [0.5, 0.6) is 0 Å². The van der Waals surface area contributed by atoms with Gasteiger partial charge in [-0.25, -0.2) is 0 Å². The summed E-state index contributed by atoms with van der Waals surface area (Å²) in [5, 5.41) is 15.1. The Bertz CT molecular complexity index is 520. The number of carbonyl (C=O) groups is 1. The molecule has 122 valence electrons. The van der Waals surface area contributed by atoms with Gasteiger partial charge >= 0.3 is 0 Å². The van der Waals surface area contributed by atoms with Crippen LogP contribution in [0.2, 0.25) is 0 Å². The number of fused-ring (bicyclic) bond motifs is 1. The summed E-state index contributed by atoms with van der Waals surface area (Å²) in [5.41, 5.74) is 0. The fraction of sp³-hybridized carbons (Fsp3) is 0.800. The molecule has 0 bridgehead atoms. The molecule has 1 fully saturated rings. The van der Waals surface area contributed by atoms with Crippen molar-refractivity contribution >= 4 is 5.91 Å². The molecule has 0 aromatic carbocycles. The second-order valence-corrected chi connectivity index (χ2v) is 6.43. The molecule has 0 aliphatic carbocycles. The third-order valence-corrected chi connectivity index (χ3v) is 4.73. The summed E-state index contributed by atoms with van der Waals surface area (Å²) in [4.78, 5) is 14.7. The van der Waals surface area contributed by atoms with Crippen molar-refractivity contribution in [1.29, 1.82) is 0 Å². The molecule has 3 heterocycles. The van der Waals surface area contributed by atoms with Crippen molar-refractivity contribution in [3.8, 4) is 0 Å². The van der Waals surface area contributed by atoms with Crippen molar-refractivity contribution in [2.45, 2.75) is 38.8 Å². The fourth-order valence-corrected chi connectivity index (χ4v) is 3.28. The summed E-state index contributed by atoms with van der Waals surface area (Å²) in [5.74, 6) is 2.18. The molecule has 0 spiro atoms. The Morgan fingerprint density at radius 1 is 1.27 bits per heavy atom. The van der Waals surface area contributed by atoms with Crippen molar-refractivity contribution in [1.82, 2.24) is 30.3 Å². The number of carbonyl (C=O) groups excluding carboxylic acids is 1. The SMILES string of the molecule is C[C@H](NC(=O)C1CCN(C)CC1)c1nnc2n1CCNCC2. The highest BCUT2D eigenvalue weighted by atomic mass is 16.2. The third kappa shape index (κ3) is 3.30. The van der Waals surface area contributed by atoms with Gasteiger partial charge < -0.3 is 20.1 Å². The maximum absolute atomic E-state index is 12.4. The van der Waals surface area contributed by atoms with Gasteiger partial charge in [-0.2, -0.15) is 0 Å². The number of hydrogen-bond acceptors (Lipinski definition) is 5. The van der Waals surface area contributed by atoms with Gasteiger partial charge in [0.25, 0.3) is 0 Å². The average molecular weight is 306 g/mol. The van der Waals surface area contributed by atoms with E-state index in [1.807, 2.05) is 6.92 Å². The van der Waals surface area contributed by atoms with E-state index < -0.39 is 0 Å². The molecular weight excluding hydrogens is 280 g/mol. The lowest BCUT2D eigenvalue weighted by atomic mass is 9.96. The molecule has 7 heteroatoms. The topological polar surface area (TPSA) is 75.1 Å². The Morgan fingerprint density at radius 2 is 2.05 bits per heavy atom. The molecule has 7 nitrogen and oxygen atoms in total. The van der Waals surface area contributed by atoms with Crippen LogP contribution in [-0.4, -0.2) is 58.8 Å². The molecule has 2 N–H and O–H groups in total. The lowest BCUT2D eigenvalue weighted by Crippen LogP contribution is -2.40. The van der Waals surface area contributed by atoms with Crippen molar-refractivity contribution in [3.05, 3.63) is 11.6 Å². The Hall–Kier alpha value is -1.47. The van der Waals surface area contributed by atoms with E-state index in [0.717, 1.165) is 63.6 Å². The van der Waals surface area contributed by atoms with Crippen molar-refractivity contribution in [2.75, 3.05) is 33.2 Å². The lowest BCUT2D eigenvalue weighted by molar-refractivity contribution is -0.127. The minimum absolute atomic E-state index is 0.0912. The molecule has 0 unspecified atom stereocenters. The van der Waals surface area contributed by atoms with Crippen LogP contribution in [-0.2, 0) is 17.8 Å². The van der Waals surface area contributed by atoms with Crippen LogP contribution in [0.25, 0.3) is 0 Å². The smallest absolute Gasteiger partial charge is 0.223 e. The zero-order valence-corrected chi connectivity index (χ0v) is 13.5. The maximum Gasteiger partial charge on any atom is 0.223 e. The summed E-state index contributed by atoms with van der Waals surface area (Å²) >= 11 is 0.